The average molecular weight is 170 g/mol. The summed E-state index contributed by atoms with van der Waals surface area (Å²) in [5, 5.41) is 0. The van der Waals surface area contributed by atoms with Crippen LogP contribution in [0, 0.1) is 18.2 Å². The van der Waals surface area contributed by atoms with E-state index in [0.717, 1.165) is 18.2 Å². The van der Waals surface area contributed by atoms with Crippen molar-refractivity contribution < 1.29 is 13.2 Å². The van der Waals surface area contributed by atoms with Crippen molar-refractivity contribution in [2.24, 2.45) is 0 Å². The number of terminal acetylenes is 1. The molecule has 12 heavy (non-hydrogen) atoms. The lowest BCUT2D eigenvalue weighted by molar-refractivity contribution is 0.151. The highest BCUT2D eigenvalue weighted by molar-refractivity contribution is 5.40. The van der Waals surface area contributed by atoms with Gasteiger partial charge in [0.05, 0.1) is 0 Å². The molecule has 0 bridgehead atoms. The molecule has 62 valence electrons. The summed E-state index contributed by atoms with van der Waals surface area (Å²) >= 11 is 0. The number of hydrogen-bond acceptors (Lipinski definition) is 0. The van der Waals surface area contributed by atoms with Crippen molar-refractivity contribution >= 4 is 0 Å². The van der Waals surface area contributed by atoms with E-state index in [0.29, 0.717) is 0 Å². The topological polar surface area (TPSA) is 0 Å². The van der Waals surface area contributed by atoms with Gasteiger partial charge in [-0.05, 0) is 18.2 Å². The fourth-order valence-electron chi connectivity index (χ4n) is 0.844. The van der Waals surface area contributed by atoms with Gasteiger partial charge in [0.25, 0.3) is 6.43 Å². The van der Waals surface area contributed by atoms with Crippen molar-refractivity contribution in [1.29, 1.82) is 0 Å². The van der Waals surface area contributed by atoms with E-state index in [1.807, 2.05) is 5.92 Å². The highest BCUT2D eigenvalue weighted by Gasteiger charge is 2.11. The highest BCUT2D eigenvalue weighted by Crippen LogP contribution is 2.22. The number of alkyl halides is 2. The van der Waals surface area contributed by atoms with E-state index < -0.39 is 12.2 Å². The Morgan fingerprint density at radius 3 is 2.50 bits per heavy atom. The number of benzene rings is 1. The molecule has 0 radical (unpaired) electrons. The van der Waals surface area contributed by atoms with Crippen LogP contribution in [0.4, 0.5) is 13.2 Å². The Hall–Kier alpha value is -1.43. The van der Waals surface area contributed by atoms with E-state index >= 15 is 0 Å². The maximum absolute atomic E-state index is 12.5. The van der Waals surface area contributed by atoms with Crippen LogP contribution in [0.25, 0.3) is 0 Å². The zero-order chi connectivity index (χ0) is 9.14. The summed E-state index contributed by atoms with van der Waals surface area (Å²) in [5.74, 6) is 1.39. The molecule has 1 aromatic carbocycles. The van der Waals surface area contributed by atoms with Gasteiger partial charge in [-0.15, -0.1) is 6.42 Å². The molecule has 3 heteroatoms. The first-order valence-electron chi connectivity index (χ1n) is 3.19. The van der Waals surface area contributed by atoms with Crippen molar-refractivity contribution in [2.75, 3.05) is 0 Å². The molecule has 1 aromatic rings. The maximum Gasteiger partial charge on any atom is 0.265 e. The molecule has 1 rings (SSSR count). The summed E-state index contributed by atoms with van der Waals surface area (Å²) < 4.78 is 36.7. The Kier molecular flexibility index (Phi) is 2.39. The fourth-order valence-corrected chi connectivity index (χ4v) is 0.844. The molecular formula is C9H5F3. The zero-order valence-corrected chi connectivity index (χ0v) is 6.02. The molecule has 0 atom stereocenters. The Labute approximate surface area is 68.0 Å². The van der Waals surface area contributed by atoms with E-state index in [4.69, 9.17) is 6.42 Å². The lowest BCUT2D eigenvalue weighted by Gasteiger charge is -2.01. The van der Waals surface area contributed by atoms with Gasteiger partial charge in [-0.25, -0.2) is 13.2 Å². The van der Waals surface area contributed by atoms with Gasteiger partial charge >= 0.3 is 0 Å². The third kappa shape index (κ3) is 1.59. The normalized spacial score (nSPS) is 9.92. The zero-order valence-electron chi connectivity index (χ0n) is 6.02. The van der Waals surface area contributed by atoms with Crippen LogP contribution < -0.4 is 0 Å². The summed E-state index contributed by atoms with van der Waals surface area (Å²) in [4.78, 5) is 0. The van der Waals surface area contributed by atoms with Gasteiger partial charge in [-0.3, -0.25) is 0 Å². The second kappa shape index (κ2) is 3.31. The van der Waals surface area contributed by atoms with Gasteiger partial charge in [-0.1, -0.05) is 5.92 Å². The quantitative estimate of drug-likeness (QED) is 0.568. The van der Waals surface area contributed by atoms with Crippen molar-refractivity contribution in [1.82, 2.24) is 0 Å². The highest BCUT2D eigenvalue weighted by atomic mass is 19.3. The molecule has 0 aromatic heterocycles. The van der Waals surface area contributed by atoms with Gasteiger partial charge in [0, 0.05) is 11.1 Å². The maximum atomic E-state index is 12.5. The predicted molar refractivity (Wildman–Crippen MR) is 39.3 cm³/mol. The van der Waals surface area contributed by atoms with E-state index in [-0.39, 0.29) is 11.1 Å². The molecule has 0 nitrogen and oxygen atoms in total. The van der Waals surface area contributed by atoms with Crippen LogP contribution in [0.15, 0.2) is 18.2 Å². The molecule has 0 aliphatic carbocycles. The van der Waals surface area contributed by atoms with Crippen LogP contribution in [0.1, 0.15) is 17.6 Å². The SMILES string of the molecule is C#Cc1cc(F)ccc1C(F)F. The number of hydrogen-bond donors (Lipinski definition) is 0. The Morgan fingerprint density at radius 1 is 1.33 bits per heavy atom. The largest absolute Gasteiger partial charge is 0.265 e. The lowest BCUT2D eigenvalue weighted by atomic mass is 10.1. The van der Waals surface area contributed by atoms with E-state index in [1.54, 1.807) is 0 Å². The first kappa shape index (κ1) is 8.66. The molecular weight excluding hydrogens is 165 g/mol. The molecule has 0 heterocycles. The third-order valence-electron chi connectivity index (χ3n) is 1.41. The molecule has 0 unspecified atom stereocenters. The molecule has 0 aliphatic heterocycles. The van der Waals surface area contributed by atoms with Gasteiger partial charge < -0.3 is 0 Å². The van der Waals surface area contributed by atoms with Crippen molar-refractivity contribution in [2.45, 2.75) is 6.43 Å². The molecule has 0 saturated heterocycles. The summed E-state index contributed by atoms with van der Waals surface area (Å²) in [5.41, 5.74) is -0.399. The molecule has 0 fully saturated rings. The molecule has 0 N–H and O–H groups in total. The van der Waals surface area contributed by atoms with Crippen LogP contribution in [-0.4, -0.2) is 0 Å². The van der Waals surface area contributed by atoms with Crippen molar-refractivity contribution in [3.05, 3.63) is 35.1 Å². The van der Waals surface area contributed by atoms with Crippen LogP contribution >= 0.6 is 0 Å². The minimum absolute atomic E-state index is 0.0926. The summed E-state index contributed by atoms with van der Waals surface area (Å²) in [6, 6.07) is 2.87. The smallest absolute Gasteiger partial charge is 0.207 e. The van der Waals surface area contributed by atoms with Crippen LogP contribution in [0.3, 0.4) is 0 Å². The van der Waals surface area contributed by atoms with Gasteiger partial charge in [0.15, 0.2) is 0 Å². The van der Waals surface area contributed by atoms with Crippen molar-refractivity contribution in [3.8, 4) is 12.3 Å². The monoisotopic (exact) mass is 170 g/mol. The first-order valence-corrected chi connectivity index (χ1v) is 3.19. The number of rotatable bonds is 1. The fraction of sp³-hybridized carbons (Fsp3) is 0.111. The molecule has 0 aliphatic rings. The first-order chi connectivity index (χ1) is 5.65. The van der Waals surface area contributed by atoms with E-state index in [1.165, 1.54) is 0 Å². The summed E-state index contributed by atoms with van der Waals surface area (Å²) in [6.45, 7) is 0. The Balaban J connectivity index is 3.23. The Morgan fingerprint density at radius 2 is 2.00 bits per heavy atom. The van der Waals surface area contributed by atoms with Gasteiger partial charge in [0.1, 0.15) is 5.82 Å². The van der Waals surface area contributed by atoms with E-state index in [9.17, 15) is 13.2 Å². The third-order valence-corrected chi connectivity index (χ3v) is 1.41. The molecule has 0 amide bonds. The second-order valence-electron chi connectivity index (χ2n) is 2.18. The summed E-state index contributed by atoms with van der Waals surface area (Å²) in [6.07, 6.45) is 2.25. The number of halogens is 3. The minimum atomic E-state index is -2.66. The molecule has 0 spiro atoms. The minimum Gasteiger partial charge on any atom is -0.207 e. The standard InChI is InChI=1S/C9H5F3/c1-2-6-5-7(10)3-4-8(6)9(11)12/h1,3-5,9H. The Bertz CT molecular complexity index is 323. The average Bonchev–Trinajstić information content (AvgIpc) is 2.03. The predicted octanol–water partition coefficient (Wildman–Crippen LogP) is 2.74. The van der Waals surface area contributed by atoms with Gasteiger partial charge in [-0.2, -0.15) is 0 Å². The molecule has 0 saturated carbocycles. The van der Waals surface area contributed by atoms with Crippen LogP contribution in [0.2, 0.25) is 0 Å². The van der Waals surface area contributed by atoms with Crippen LogP contribution in [-0.2, 0) is 0 Å². The summed E-state index contributed by atoms with van der Waals surface area (Å²) in [7, 11) is 0. The van der Waals surface area contributed by atoms with Gasteiger partial charge in [0.2, 0.25) is 0 Å². The van der Waals surface area contributed by atoms with E-state index in [2.05, 4.69) is 0 Å². The van der Waals surface area contributed by atoms with Crippen LogP contribution in [0.5, 0.6) is 0 Å². The van der Waals surface area contributed by atoms with Crippen molar-refractivity contribution in [3.63, 3.8) is 0 Å². The lowest BCUT2D eigenvalue weighted by Crippen LogP contribution is -1.90. The second-order valence-corrected chi connectivity index (χ2v) is 2.18.